The number of rotatable bonds is 0. The molecule has 10 rings (SSSR count). The van der Waals surface area contributed by atoms with E-state index in [1.165, 1.54) is 97.0 Å². The Kier molecular flexibility index (Phi) is 4.27. The van der Waals surface area contributed by atoms with Gasteiger partial charge in [0.25, 0.3) is 0 Å². The van der Waals surface area contributed by atoms with Crippen molar-refractivity contribution in [3.63, 3.8) is 0 Å². The molecule has 10 aromatic rings. The van der Waals surface area contributed by atoms with E-state index in [1.54, 1.807) is 0 Å². The molecule has 0 unspecified atom stereocenters. The highest BCUT2D eigenvalue weighted by atomic mass is 14.2. The Balaban J connectivity index is 1.43. The van der Waals surface area contributed by atoms with Crippen molar-refractivity contribution in [1.29, 1.82) is 0 Å². The van der Waals surface area contributed by atoms with Crippen LogP contribution in [0.4, 0.5) is 0 Å². The zero-order chi connectivity index (χ0) is 27.4. The lowest BCUT2D eigenvalue weighted by Gasteiger charge is -2.15. The third-order valence-corrected chi connectivity index (χ3v) is 9.39. The van der Waals surface area contributed by atoms with Gasteiger partial charge in [0.1, 0.15) is 0 Å². The summed E-state index contributed by atoms with van der Waals surface area (Å²) in [4.78, 5) is 0. The first kappa shape index (κ1) is 22.3. The Morgan fingerprint density at radius 2 is 0.333 bits per heavy atom. The minimum absolute atomic E-state index is 1.28. The van der Waals surface area contributed by atoms with Crippen molar-refractivity contribution >= 4 is 97.0 Å². The van der Waals surface area contributed by atoms with Crippen molar-refractivity contribution in [2.75, 3.05) is 0 Å². The number of fused-ring (bicyclic) bond motifs is 12. The van der Waals surface area contributed by atoms with Gasteiger partial charge in [-0.2, -0.15) is 0 Å². The van der Waals surface area contributed by atoms with Crippen molar-refractivity contribution in [2.45, 2.75) is 0 Å². The lowest BCUT2D eigenvalue weighted by molar-refractivity contribution is 1.78. The Hall–Kier alpha value is -5.46. The molecule has 0 heterocycles. The first-order valence-electron chi connectivity index (χ1n) is 14.7. The van der Waals surface area contributed by atoms with Crippen LogP contribution in [0, 0.1) is 0 Å². The van der Waals surface area contributed by atoms with E-state index in [0.717, 1.165) is 0 Å². The molecule has 0 nitrogen and oxygen atoms in total. The third-order valence-electron chi connectivity index (χ3n) is 9.39. The molecule has 0 aliphatic carbocycles. The average Bonchev–Trinajstić information content (AvgIpc) is 3.03. The highest BCUT2D eigenvalue weighted by Gasteiger charge is 2.14. The fourth-order valence-corrected chi connectivity index (χ4v) is 7.31. The zero-order valence-electron chi connectivity index (χ0n) is 22.9. The van der Waals surface area contributed by atoms with E-state index in [1.807, 2.05) is 0 Å². The summed E-state index contributed by atoms with van der Waals surface area (Å²) < 4.78 is 0. The van der Waals surface area contributed by atoms with E-state index in [0.29, 0.717) is 0 Å². The molecule has 0 aliphatic heterocycles. The molecule has 0 spiro atoms. The van der Waals surface area contributed by atoms with Gasteiger partial charge in [0.15, 0.2) is 0 Å². The van der Waals surface area contributed by atoms with Crippen LogP contribution in [0.1, 0.15) is 0 Å². The molecule has 0 aromatic heterocycles. The maximum atomic E-state index is 2.43. The van der Waals surface area contributed by atoms with Gasteiger partial charge in [-0.3, -0.25) is 0 Å². The van der Waals surface area contributed by atoms with Crippen molar-refractivity contribution in [3.05, 3.63) is 146 Å². The Labute approximate surface area is 242 Å². The van der Waals surface area contributed by atoms with Crippen LogP contribution < -0.4 is 0 Å². The Morgan fingerprint density at radius 1 is 0.167 bits per heavy atom. The van der Waals surface area contributed by atoms with Crippen molar-refractivity contribution in [3.8, 4) is 0 Å². The van der Waals surface area contributed by atoms with Gasteiger partial charge in [0.05, 0.1) is 0 Å². The summed E-state index contributed by atoms with van der Waals surface area (Å²) in [6.45, 7) is 0. The minimum Gasteiger partial charge on any atom is -0.0616 e. The van der Waals surface area contributed by atoms with Crippen molar-refractivity contribution in [1.82, 2.24) is 0 Å². The second-order valence-electron chi connectivity index (χ2n) is 11.8. The second-order valence-corrected chi connectivity index (χ2v) is 11.8. The highest BCUT2D eigenvalue weighted by Crippen LogP contribution is 2.42. The first-order chi connectivity index (χ1) is 20.7. The molecule has 0 N–H and O–H groups in total. The molecule has 0 aliphatic rings. The van der Waals surface area contributed by atoms with Gasteiger partial charge in [-0.15, -0.1) is 0 Å². The SMILES string of the molecule is c1ccc2cc3cc4c(cc3cc2c1)c1cc2cc3ccccc3cc2cc1c1cc2cc3ccccc3cc2cc41. The quantitative estimate of drug-likeness (QED) is 0.136. The molecule has 192 valence electrons. The molecular formula is C42H24. The van der Waals surface area contributed by atoms with Crippen LogP contribution in [0.15, 0.2) is 146 Å². The Bertz CT molecular complexity index is 2260. The fraction of sp³-hybridized carbons (Fsp3) is 0. The van der Waals surface area contributed by atoms with E-state index >= 15 is 0 Å². The molecule has 42 heavy (non-hydrogen) atoms. The summed E-state index contributed by atoms with van der Waals surface area (Å²) in [5.74, 6) is 0. The summed E-state index contributed by atoms with van der Waals surface area (Å²) in [6.07, 6.45) is 0. The predicted molar refractivity (Wildman–Crippen MR) is 184 cm³/mol. The van der Waals surface area contributed by atoms with Gasteiger partial charge in [0.2, 0.25) is 0 Å². The summed E-state index contributed by atoms with van der Waals surface area (Å²) in [6, 6.07) is 54.7. The van der Waals surface area contributed by atoms with Crippen molar-refractivity contribution < 1.29 is 0 Å². The molecule has 0 saturated carbocycles. The van der Waals surface area contributed by atoms with Crippen molar-refractivity contribution in [2.24, 2.45) is 0 Å². The second kappa shape index (κ2) is 8.06. The van der Waals surface area contributed by atoms with Crippen LogP contribution in [-0.4, -0.2) is 0 Å². The summed E-state index contributed by atoms with van der Waals surface area (Å²) in [7, 11) is 0. The zero-order valence-corrected chi connectivity index (χ0v) is 22.9. The van der Waals surface area contributed by atoms with Crippen LogP contribution in [0.5, 0.6) is 0 Å². The fourth-order valence-electron chi connectivity index (χ4n) is 7.31. The minimum atomic E-state index is 1.28. The van der Waals surface area contributed by atoms with E-state index < -0.39 is 0 Å². The standard InChI is InChI=1S/C42H24/c1-2-8-26-14-32-20-38-37(19-31(32)13-25(26)7-1)39-21-33-15-27-9-3-4-11-29(27)17-35(33)23-41(39)42-24-36-18-30-12-6-5-10-28(30)16-34(36)22-40(38)42/h1-24H. The largest absolute Gasteiger partial charge is 0.0616 e. The number of benzene rings is 10. The summed E-state index contributed by atoms with van der Waals surface area (Å²) in [5.41, 5.74) is 0. The molecule has 0 bridgehead atoms. The maximum absolute atomic E-state index is 2.43. The predicted octanol–water partition coefficient (Wildman–Crippen LogP) is 12.1. The Morgan fingerprint density at radius 3 is 0.500 bits per heavy atom. The van der Waals surface area contributed by atoms with Gasteiger partial charge < -0.3 is 0 Å². The van der Waals surface area contributed by atoms with Crippen LogP contribution in [0.2, 0.25) is 0 Å². The van der Waals surface area contributed by atoms with Gasteiger partial charge in [-0.25, -0.2) is 0 Å². The normalized spacial score (nSPS) is 12.3. The van der Waals surface area contributed by atoms with Crippen LogP contribution >= 0.6 is 0 Å². The van der Waals surface area contributed by atoms with Gasteiger partial charge in [-0.1, -0.05) is 72.8 Å². The van der Waals surface area contributed by atoms with E-state index in [4.69, 9.17) is 0 Å². The molecule has 0 heteroatoms. The average molecular weight is 529 g/mol. The van der Waals surface area contributed by atoms with E-state index in [9.17, 15) is 0 Å². The maximum Gasteiger partial charge on any atom is -0.00923 e. The van der Waals surface area contributed by atoms with E-state index in [-0.39, 0.29) is 0 Å². The van der Waals surface area contributed by atoms with Crippen LogP contribution in [0.25, 0.3) is 97.0 Å². The van der Waals surface area contributed by atoms with E-state index in [2.05, 4.69) is 146 Å². The third kappa shape index (κ3) is 3.12. The monoisotopic (exact) mass is 528 g/mol. The lowest BCUT2D eigenvalue weighted by Crippen LogP contribution is -1.87. The lowest BCUT2D eigenvalue weighted by atomic mass is 9.88. The number of hydrogen-bond donors (Lipinski definition) is 0. The first-order valence-corrected chi connectivity index (χ1v) is 14.7. The van der Waals surface area contributed by atoms with Crippen LogP contribution in [0.3, 0.4) is 0 Å². The topological polar surface area (TPSA) is 0 Å². The highest BCUT2D eigenvalue weighted by molar-refractivity contribution is 6.31. The molecule has 0 radical (unpaired) electrons. The van der Waals surface area contributed by atoms with Gasteiger partial charge in [0, 0.05) is 0 Å². The molecule has 0 amide bonds. The van der Waals surface area contributed by atoms with Crippen LogP contribution in [-0.2, 0) is 0 Å². The summed E-state index contributed by atoms with van der Waals surface area (Å²) in [5, 5.41) is 23.3. The molecule has 0 saturated heterocycles. The number of hydrogen-bond acceptors (Lipinski definition) is 0. The molecule has 0 fully saturated rings. The van der Waals surface area contributed by atoms with Gasteiger partial charge in [-0.05, 0) is 170 Å². The van der Waals surface area contributed by atoms with Gasteiger partial charge >= 0.3 is 0 Å². The molecule has 0 atom stereocenters. The molecule has 10 aromatic carbocycles. The summed E-state index contributed by atoms with van der Waals surface area (Å²) >= 11 is 0. The smallest absolute Gasteiger partial charge is 0.00923 e. The molecular weight excluding hydrogens is 504 g/mol.